The molecular formula is C29H34N4O3S2. The molecule has 0 aliphatic heterocycles. The largest absolute Gasteiger partial charge is 0.393 e. The highest BCUT2D eigenvalue weighted by molar-refractivity contribution is 8.01. The highest BCUT2D eigenvalue weighted by Gasteiger charge is 2.68. The Morgan fingerprint density at radius 1 is 1.32 bits per heavy atom. The molecule has 0 spiro atoms. The number of allylic oxidation sites excluding steroid dienone is 1. The molecule has 4 aliphatic rings. The Balaban J connectivity index is 1.14. The van der Waals surface area contributed by atoms with Crippen molar-refractivity contribution in [1.29, 1.82) is 0 Å². The van der Waals surface area contributed by atoms with Crippen LogP contribution in [0.1, 0.15) is 57.2 Å². The van der Waals surface area contributed by atoms with Crippen molar-refractivity contribution in [3.63, 3.8) is 0 Å². The Morgan fingerprint density at radius 3 is 2.97 bits per heavy atom. The Morgan fingerprint density at radius 2 is 2.16 bits per heavy atom. The first-order valence-electron chi connectivity index (χ1n) is 13.6. The lowest BCUT2D eigenvalue weighted by atomic mass is 9.45. The first kappa shape index (κ1) is 24.9. The summed E-state index contributed by atoms with van der Waals surface area (Å²) in [6.45, 7) is 4.40. The fourth-order valence-electron chi connectivity index (χ4n) is 8.84. The summed E-state index contributed by atoms with van der Waals surface area (Å²) in [6.07, 6.45) is 10.1. The van der Waals surface area contributed by atoms with Gasteiger partial charge in [0.15, 0.2) is 10.1 Å². The molecule has 0 amide bonds. The molecule has 7 atom stereocenters. The number of aliphatic hydroxyl groups is 2. The predicted molar refractivity (Wildman–Crippen MR) is 149 cm³/mol. The maximum atomic E-state index is 13.7. The first-order valence-corrected chi connectivity index (χ1v) is 15.4. The average molecular weight is 551 g/mol. The highest BCUT2D eigenvalue weighted by Crippen LogP contribution is 2.67. The maximum absolute atomic E-state index is 13.7. The van der Waals surface area contributed by atoms with E-state index in [1.807, 2.05) is 30.1 Å². The number of pyridine rings is 1. The number of aromatic nitrogens is 4. The van der Waals surface area contributed by atoms with Crippen LogP contribution in [0.15, 0.2) is 34.4 Å². The summed E-state index contributed by atoms with van der Waals surface area (Å²) in [5.74, 6) is 0.669. The van der Waals surface area contributed by atoms with Gasteiger partial charge in [-0.25, -0.2) is 9.97 Å². The number of hydrogen-bond donors (Lipinski definition) is 2. The van der Waals surface area contributed by atoms with Gasteiger partial charge in [-0.1, -0.05) is 42.5 Å². The van der Waals surface area contributed by atoms with Crippen LogP contribution in [-0.2, 0) is 18.3 Å². The summed E-state index contributed by atoms with van der Waals surface area (Å²) in [5, 5.41) is 28.3. The summed E-state index contributed by atoms with van der Waals surface area (Å²) in [4.78, 5) is 23.5. The maximum Gasteiger partial charge on any atom is 0.175 e. The standard InChI is InChI=1S/C29H34N4O3S2/c1-27-12-16-14-31-33(3)21(16)11-17(27)6-7-18-19-8-9-29(36,28(19,2)13-22(34)24(18)27)23(35)15-37-26-32-20-5-4-10-30-25(20)38-26/h4-5,10-11,14,18-19,22,24,34,36H,6-9,12-13,15H2,1-3H3/t18?,19?,22?,24?,27?,28?,29-/m0/s1. The number of carbonyl (C=O) groups excluding carboxylic acids is 1. The topological polar surface area (TPSA) is 101 Å². The van der Waals surface area contributed by atoms with E-state index in [9.17, 15) is 15.0 Å². The van der Waals surface area contributed by atoms with Crippen LogP contribution in [0.25, 0.3) is 16.4 Å². The van der Waals surface area contributed by atoms with Gasteiger partial charge in [0.05, 0.1) is 23.7 Å². The number of nitrogens with zero attached hydrogens (tertiary/aromatic N) is 4. The van der Waals surface area contributed by atoms with Crippen molar-refractivity contribution >= 4 is 45.3 Å². The van der Waals surface area contributed by atoms with Crippen molar-refractivity contribution in [1.82, 2.24) is 19.7 Å². The molecule has 0 saturated heterocycles. The average Bonchev–Trinajstić information content (AvgIpc) is 3.54. The van der Waals surface area contributed by atoms with Gasteiger partial charge < -0.3 is 10.2 Å². The van der Waals surface area contributed by atoms with E-state index in [2.05, 4.69) is 35.0 Å². The molecule has 4 aliphatic carbocycles. The number of carbonyl (C=O) groups is 1. The van der Waals surface area contributed by atoms with E-state index in [0.717, 1.165) is 40.4 Å². The van der Waals surface area contributed by atoms with Gasteiger partial charge in [0.1, 0.15) is 15.9 Å². The molecule has 6 unspecified atom stereocenters. The monoisotopic (exact) mass is 550 g/mol. The molecule has 3 aromatic rings. The molecule has 9 heteroatoms. The van der Waals surface area contributed by atoms with Crippen LogP contribution in [0, 0.1) is 28.6 Å². The summed E-state index contributed by atoms with van der Waals surface area (Å²) < 4.78 is 2.75. The molecule has 200 valence electrons. The van der Waals surface area contributed by atoms with Crippen molar-refractivity contribution < 1.29 is 15.0 Å². The van der Waals surface area contributed by atoms with Crippen LogP contribution in [-0.4, -0.2) is 53.2 Å². The van der Waals surface area contributed by atoms with Crippen molar-refractivity contribution in [2.24, 2.45) is 35.6 Å². The van der Waals surface area contributed by atoms with Crippen LogP contribution >= 0.6 is 23.1 Å². The second-order valence-electron chi connectivity index (χ2n) is 12.4. The third-order valence-electron chi connectivity index (χ3n) is 10.7. The van der Waals surface area contributed by atoms with Gasteiger partial charge >= 0.3 is 0 Å². The van der Waals surface area contributed by atoms with Crippen LogP contribution < -0.4 is 0 Å². The van der Waals surface area contributed by atoms with Crippen molar-refractivity contribution in [3.8, 4) is 0 Å². The van der Waals surface area contributed by atoms with Crippen molar-refractivity contribution in [2.45, 2.75) is 68.4 Å². The molecule has 2 N–H and O–H groups in total. The van der Waals surface area contributed by atoms with Crippen LogP contribution in [0.2, 0.25) is 0 Å². The Labute approximate surface area is 230 Å². The smallest absolute Gasteiger partial charge is 0.175 e. The van der Waals surface area contributed by atoms with E-state index in [0.29, 0.717) is 12.8 Å². The number of hydrogen-bond acceptors (Lipinski definition) is 8. The lowest BCUT2D eigenvalue weighted by Gasteiger charge is -2.60. The van der Waals surface area contributed by atoms with E-state index in [1.54, 1.807) is 6.20 Å². The SMILES string of the molecule is Cn1ncc2c1C=C1CCC3C(C(O)CC4(C)C3CC[C@]4(O)C(=O)CSc3nc4cccnc4s3)C1(C)C2. The van der Waals surface area contributed by atoms with E-state index in [1.165, 1.54) is 39.9 Å². The number of thioether (sulfide) groups is 1. The minimum Gasteiger partial charge on any atom is -0.393 e. The Hall–Kier alpha value is -2.07. The van der Waals surface area contributed by atoms with Crippen LogP contribution in [0.3, 0.4) is 0 Å². The molecule has 38 heavy (non-hydrogen) atoms. The molecule has 0 radical (unpaired) electrons. The number of aliphatic hydroxyl groups excluding tert-OH is 1. The zero-order valence-electron chi connectivity index (χ0n) is 22.1. The fraction of sp³-hybridized carbons (Fsp3) is 0.586. The molecule has 3 fully saturated rings. The number of ketones is 1. The van der Waals surface area contributed by atoms with Crippen LogP contribution in [0.5, 0.6) is 0 Å². The Kier molecular flexibility index (Phi) is 5.55. The van der Waals surface area contributed by atoms with Gasteiger partial charge in [0.2, 0.25) is 0 Å². The number of rotatable bonds is 4. The molecule has 7 rings (SSSR count). The second-order valence-corrected chi connectivity index (χ2v) is 14.6. The summed E-state index contributed by atoms with van der Waals surface area (Å²) in [7, 11) is 1.99. The zero-order chi connectivity index (χ0) is 26.4. The van der Waals surface area contributed by atoms with E-state index < -0.39 is 17.1 Å². The normalized spacial score (nSPS) is 37.8. The summed E-state index contributed by atoms with van der Waals surface area (Å²) in [6, 6.07) is 3.78. The minimum absolute atomic E-state index is 0.121. The molecular weight excluding hydrogens is 516 g/mol. The number of Topliss-reactive ketones (excluding diaryl/α,β-unsaturated/α-hetero) is 1. The third kappa shape index (κ3) is 3.34. The summed E-state index contributed by atoms with van der Waals surface area (Å²) in [5.41, 5.74) is 2.51. The van der Waals surface area contributed by atoms with Crippen molar-refractivity contribution in [3.05, 3.63) is 41.4 Å². The molecule has 3 heterocycles. The zero-order valence-corrected chi connectivity index (χ0v) is 23.7. The lowest BCUT2D eigenvalue weighted by molar-refractivity contribution is -0.177. The van der Waals surface area contributed by atoms with Gasteiger partial charge in [-0.15, -0.1) is 0 Å². The molecule has 3 aromatic heterocycles. The predicted octanol–water partition coefficient (Wildman–Crippen LogP) is 4.67. The number of thiazole rings is 1. The van der Waals surface area contributed by atoms with Gasteiger partial charge in [0.25, 0.3) is 0 Å². The van der Waals surface area contributed by atoms with E-state index in [4.69, 9.17) is 0 Å². The third-order valence-corrected chi connectivity index (χ3v) is 12.8. The summed E-state index contributed by atoms with van der Waals surface area (Å²) >= 11 is 2.87. The molecule has 3 saturated carbocycles. The highest BCUT2D eigenvalue weighted by atomic mass is 32.2. The van der Waals surface area contributed by atoms with E-state index >= 15 is 0 Å². The van der Waals surface area contributed by atoms with Gasteiger partial charge in [-0.3, -0.25) is 9.48 Å². The lowest BCUT2D eigenvalue weighted by Crippen LogP contribution is -2.62. The number of fused-ring (bicyclic) bond motifs is 7. The van der Waals surface area contributed by atoms with Crippen molar-refractivity contribution in [2.75, 3.05) is 5.75 Å². The van der Waals surface area contributed by atoms with E-state index in [-0.39, 0.29) is 34.7 Å². The minimum atomic E-state index is -1.42. The quantitative estimate of drug-likeness (QED) is 0.455. The fourth-order valence-corrected chi connectivity index (χ4v) is 10.8. The number of aryl methyl sites for hydroxylation is 1. The van der Waals surface area contributed by atoms with Gasteiger partial charge in [-0.2, -0.15) is 5.10 Å². The molecule has 0 bridgehead atoms. The second kappa shape index (κ2) is 8.46. The van der Waals surface area contributed by atoms with Crippen LogP contribution in [0.4, 0.5) is 0 Å². The van der Waals surface area contributed by atoms with Gasteiger partial charge in [-0.05, 0) is 85.5 Å². The first-order chi connectivity index (χ1) is 18.1. The van der Waals surface area contributed by atoms with Gasteiger partial charge in [0, 0.05) is 18.7 Å². The molecule has 0 aromatic carbocycles. The molecule has 7 nitrogen and oxygen atoms in total. The Bertz CT molecular complexity index is 1450.